The standard InChI is InChI=1S/C16H19N3O2S/c1-11-8-19(14(11)12-6-4-3-5-7-12)16(20)18-15-17-13(9-21-2)10-22-15/h3-7,10-11,14H,8-9H2,1-2H3,(H,17,18,20). The number of ether oxygens (including phenoxy) is 1. The lowest BCUT2D eigenvalue weighted by Crippen LogP contribution is -2.53. The van der Waals surface area contributed by atoms with Crippen LogP contribution >= 0.6 is 11.3 Å². The van der Waals surface area contributed by atoms with Crippen LogP contribution in [-0.4, -0.2) is 29.6 Å². The number of nitrogens with one attached hydrogen (secondary N) is 1. The van der Waals surface area contributed by atoms with Gasteiger partial charge in [0.25, 0.3) is 0 Å². The summed E-state index contributed by atoms with van der Waals surface area (Å²) in [7, 11) is 1.63. The van der Waals surface area contributed by atoms with Gasteiger partial charge in [0, 0.05) is 19.0 Å². The Balaban J connectivity index is 1.67. The number of anilines is 1. The Morgan fingerprint density at radius 2 is 2.23 bits per heavy atom. The summed E-state index contributed by atoms with van der Waals surface area (Å²) >= 11 is 1.42. The van der Waals surface area contributed by atoms with Gasteiger partial charge in [-0.15, -0.1) is 11.3 Å². The zero-order chi connectivity index (χ0) is 15.5. The van der Waals surface area contributed by atoms with Crippen LogP contribution in [-0.2, 0) is 11.3 Å². The Bertz CT molecular complexity index is 644. The van der Waals surface area contributed by atoms with Crippen LogP contribution in [0.4, 0.5) is 9.93 Å². The lowest BCUT2D eigenvalue weighted by Gasteiger charge is -2.46. The maximum atomic E-state index is 12.4. The van der Waals surface area contributed by atoms with Crippen LogP contribution in [0.5, 0.6) is 0 Å². The molecule has 0 saturated carbocycles. The second-order valence-corrected chi connectivity index (χ2v) is 6.35. The van der Waals surface area contributed by atoms with Crippen molar-refractivity contribution in [1.82, 2.24) is 9.88 Å². The minimum Gasteiger partial charge on any atom is -0.378 e. The first-order valence-electron chi connectivity index (χ1n) is 7.25. The maximum absolute atomic E-state index is 12.4. The number of thiazole rings is 1. The quantitative estimate of drug-likeness (QED) is 0.939. The molecule has 0 spiro atoms. The molecule has 22 heavy (non-hydrogen) atoms. The van der Waals surface area contributed by atoms with Crippen LogP contribution in [0, 0.1) is 5.92 Å². The SMILES string of the molecule is COCc1csc(NC(=O)N2CC(C)C2c2ccccc2)n1. The molecule has 0 bridgehead atoms. The number of hydrogen-bond donors (Lipinski definition) is 1. The molecule has 0 aliphatic carbocycles. The van der Waals surface area contributed by atoms with E-state index >= 15 is 0 Å². The molecule has 2 unspecified atom stereocenters. The zero-order valence-electron chi connectivity index (χ0n) is 12.7. The van der Waals surface area contributed by atoms with Gasteiger partial charge >= 0.3 is 6.03 Å². The third-order valence-corrected chi connectivity index (χ3v) is 4.63. The van der Waals surface area contributed by atoms with Gasteiger partial charge in [-0.1, -0.05) is 37.3 Å². The average molecular weight is 317 g/mol. The van der Waals surface area contributed by atoms with E-state index in [1.54, 1.807) is 7.11 Å². The van der Waals surface area contributed by atoms with E-state index in [1.807, 2.05) is 28.5 Å². The van der Waals surface area contributed by atoms with Crippen molar-refractivity contribution in [1.29, 1.82) is 0 Å². The smallest absolute Gasteiger partial charge is 0.324 e. The van der Waals surface area contributed by atoms with Crippen molar-refractivity contribution in [3.05, 3.63) is 47.0 Å². The van der Waals surface area contributed by atoms with Crippen molar-refractivity contribution in [2.24, 2.45) is 5.92 Å². The van der Waals surface area contributed by atoms with Gasteiger partial charge in [0.15, 0.2) is 5.13 Å². The van der Waals surface area contributed by atoms with Crippen LogP contribution in [0.3, 0.4) is 0 Å². The van der Waals surface area contributed by atoms with Crippen molar-refractivity contribution in [3.8, 4) is 0 Å². The van der Waals surface area contributed by atoms with E-state index in [4.69, 9.17) is 4.74 Å². The zero-order valence-corrected chi connectivity index (χ0v) is 13.5. The summed E-state index contributed by atoms with van der Waals surface area (Å²) in [5.41, 5.74) is 2.01. The Kier molecular flexibility index (Phi) is 4.40. The second kappa shape index (κ2) is 6.46. The summed E-state index contributed by atoms with van der Waals surface area (Å²) in [5, 5.41) is 5.39. The van der Waals surface area contributed by atoms with Crippen molar-refractivity contribution >= 4 is 22.5 Å². The predicted molar refractivity (Wildman–Crippen MR) is 86.9 cm³/mol. The van der Waals surface area contributed by atoms with E-state index in [1.165, 1.54) is 16.9 Å². The molecular formula is C16H19N3O2S. The molecule has 1 aliphatic rings. The predicted octanol–water partition coefficient (Wildman–Crippen LogP) is 3.51. The highest BCUT2D eigenvalue weighted by atomic mass is 32.1. The molecular weight excluding hydrogens is 298 g/mol. The second-order valence-electron chi connectivity index (χ2n) is 5.49. The fourth-order valence-corrected chi connectivity index (χ4v) is 3.49. The van der Waals surface area contributed by atoms with Crippen molar-refractivity contribution in [3.63, 3.8) is 0 Å². The number of likely N-dealkylation sites (tertiary alicyclic amines) is 1. The Labute approximate surface area is 133 Å². The molecule has 5 nitrogen and oxygen atoms in total. The first-order chi connectivity index (χ1) is 10.7. The molecule has 6 heteroatoms. The molecule has 2 amide bonds. The molecule has 2 heterocycles. The Morgan fingerprint density at radius 1 is 1.45 bits per heavy atom. The fourth-order valence-electron chi connectivity index (χ4n) is 2.80. The molecule has 1 saturated heterocycles. The molecule has 0 radical (unpaired) electrons. The molecule has 116 valence electrons. The lowest BCUT2D eigenvalue weighted by molar-refractivity contribution is 0.0671. The monoisotopic (exact) mass is 317 g/mol. The molecule has 1 fully saturated rings. The van der Waals surface area contributed by atoms with Gasteiger partial charge in [0.2, 0.25) is 0 Å². The number of rotatable bonds is 4. The van der Waals surface area contributed by atoms with E-state index in [2.05, 4.69) is 29.4 Å². The fraction of sp³-hybridized carbons (Fsp3) is 0.375. The Hall–Kier alpha value is -1.92. The number of nitrogens with zero attached hydrogens (tertiary/aromatic N) is 2. The number of urea groups is 1. The minimum atomic E-state index is -0.0923. The number of hydrogen-bond acceptors (Lipinski definition) is 4. The molecule has 3 rings (SSSR count). The molecule has 1 aliphatic heterocycles. The number of benzene rings is 1. The minimum absolute atomic E-state index is 0.0923. The highest BCUT2D eigenvalue weighted by Crippen LogP contribution is 2.38. The number of carbonyl (C=O) groups excluding carboxylic acids is 1. The summed E-state index contributed by atoms with van der Waals surface area (Å²) in [6.45, 7) is 3.39. The first-order valence-corrected chi connectivity index (χ1v) is 8.13. The molecule has 1 N–H and O–H groups in total. The van der Waals surface area contributed by atoms with E-state index in [0.717, 1.165) is 12.2 Å². The van der Waals surface area contributed by atoms with Crippen molar-refractivity contribution < 1.29 is 9.53 Å². The van der Waals surface area contributed by atoms with Crippen molar-refractivity contribution in [2.45, 2.75) is 19.6 Å². The van der Waals surface area contributed by atoms with Crippen LogP contribution in [0.15, 0.2) is 35.7 Å². The normalized spacial score (nSPS) is 20.5. The summed E-state index contributed by atoms with van der Waals surface area (Å²) in [6, 6.07) is 10.2. The third kappa shape index (κ3) is 2.98. The van der Waals surface area contributed by atoms with Crippen LogP contribution in [0.2, 0.25) is 0 Å². The van der Waals surface area contributed by atoms with Crippen molar-refractivity contribution in [2.75, 3.05) is 19.0 Å². The summed E-state index contributed by atoms with van der Waals surface area (Å²) in [4.78, 5) is 18.6. The molecule has 2 aromatic rings. The summed E-state index contributed by atoms with van der Waals surface area (Å²) < 4.78 is 5.04. The molecule has 2 atom stereocenters. The van der Waals surface area contributed by atoms with E-state index in [-0.39, 0.29) is 12.1 Å². The topological polar surface area (TPSA) is 54.5 Å². The highest BCUT2D eigenvalue weighted by Gasteiger charge is 2.40. The van der Waals surface area contributed by atoms with E-state index < -0.39 is 0 Å². The molecule has 1 aromatic heterocycles. The third-order valence-electron chi connectivity index (χ3n) is 3.82. The number of carbonyl (C=O) groups is 1. The van der Waals surface area contributed by atoms with Gasteiger partial charge in [-0.3, -0.25) is 5.32 Å². The van der Waals surface area contributed by atoms with Gasteiger partial charge in [-0.25, -0.2) is 9.78 Å². The molecule has 1 aromatic carbocycles. The van der Waals surface area contributed by atoms with Gasteiger partial charge in [0.05, 0.1) is 18.3 Å². The highest BCUT2D eigenvalue weighted by molar-refractivity contribution is 7.13. The number of methoxy groups -OCH3 is 1. The van der Waals surface area contributed by atoms with E-state index in [9.17, 15) is 4.79 Å². The number of amides is 2. The summed E-state index contributed by atoms with van der Waals surface area (Å²) in [5.74, 6) is 0.466. The van der Waals surface area contributed by atoms with Crippen LogP contribution < -0.4 is 5.32 Å². The lowest BCUT2D eigenvalue weighted by atomic mass is 9.85. The van der Waals surface area contributed by atoms with Crippen LogP contribution in [0.1, 0.15) is 24.2 Å². The first kappa shape index (κ1) is 15.0. The van der Waals surface area contributed by atoms with Gasteiger partial charge in [-0.2, -0.15) is 0 Å². The largest absolute Gasteiger partial charge is 0.378 e. The van der Waals surface area contributed by atoms with Gasteiger partial charge < -0.3 is 9.64 Å². The van der Waals surface area contributed by atoms with Gasteiger partial charge in [0.1, 0.15) is 0 Å². The van der Waals surface area contributed by atoms with Crippen LogP contribution in [0.25, 0.3) is 0 Å². The average Bonchev–Trinajstić information content (AvgIpc) is 2.93. The maximum Gasteiger partial charge on any atom is 0.324 e. The number of aromatic nitrogens is 1. The van der Waals surface area contributed by atoms with E-state index in [0.29, 0.717) is 17.7 Å². The Morgan fingerprint density at radius 3 is 2.91 bits per heavy atom. The van der Waals surface area contributed by atoms with Gasteiger partial charge in [-0.05, 0) is 11.5 Å². The summed E-state index contributed by atoms with van der Waals surface area (Å²) in [6.07, 6.45) is 0.